The molecule has 1 saturated carbocycles. The van der Waals surface area contributed by atoms with Crippen LogP contribution in [-0.4, -0.2) is 48.9 Å². The molecule has 0 bridgehead atoms. The van der Waals surface area contributed by atoms with Gasteiger partial charge in [-0.3, -0.25) is 5.32 Å². The highest BCUT2D eigenvalue weighted by Crippen LogP contribution is 2.28. The molecule has 23 heavy (non-hydrogen) atoms. The lowest BCUT2D eigenvalue weighted by Crippen LogP contribution is -2.46. The van der Waals surface area contributed by atoms with E-state index >= 15 is 0 Å². The van der Waals surface area contributed by atoms with Crippen LogP contribution in [0.1, 0.15) is 31.7 Å². The number of rotatable bonds is 12. The fraction of sp³-hybridized carbons (Fsp3) is 0.667. The van der Waals surface area contributed by atoms with Crippen LogP contribution in [-0.2, 0) is 11.2 Å². The van der Waals surface area contributed by atoms with Crippen molar-refractivity contribution in [1.82, 2.24) is 5.32 Å². The SMILES string of the molecule is CCCNC(Oc1ccc(CCOCC2CC2)cc1)C(O)CO. The topological polar surface area (TPSA) is 71.0 Å². The van der Waals surface area contributed by atoms with Crippen LogP contribution >= 0.6 is 0 Å². The lowest BCUT2D eigenvalue weighted by atomic mass is 10.1. The van der Waals surface area contributed by atoms with Gasteiger partial charge in [0.25, 0.3) is 0 Å². The molecule has 0 heterocycles. The van der Waals surface area contributed by atoms with Crippen molar-refractivity contribution in [2.45, 2.75) is 44.9 Å². The minimum absolute atomic E-state index is 0.336. The molecule has 130 valence electrons. The highest BCUT2D eigenvalue weighted by molar-refractivity contribution is 5.27. The van der Waals surface area contributed by atoms with Crippen molar-refractivity contribution in [3.63, 3.8) is 0 Å². The molecular formula is C18H29NO4. The zero-order chi connectivity index (χ0) is 16.5. The Bertz CT molecular complexity index is 433. The van der Waals surface area contributed by atoms with Gasteiger partial charge in [-0.1, -0.05) is 19.1 Å². The summed E-state index contributed by atoms with van der Waals surface area (Å²) >= 11 is 0. The third kappa shape index (κ3) is 6.87. The Morgan fingerprint density at radius 3 is 2.61 bits per heavy atom. The summed E-state index contributed by atoms with van der Waals surface area (Å²) in [5.74, 6) is 1.48. The maximum Gasteiger partial charge on any atom is 0.178 e. The molecule has 1 aromatic rings. The quantitative estimate of drug-likeness (QED) is 0.403. The van der Waals surface area contributed by atoms with Crippen LogP contribution in [0.3, 0.4) is 0 Å². The number of aliphatic hydroxyl groups excluding tert-OH is 2. The van der Waals surface area contributed by atoms with E-state index in [1.54, 1.807) is 0 Å². The van der Waals surface area contributed by atoms with Gasteiger partial charge in [0.1, 0.15) is 11.9 Å². The average Bonchev–Trinajstić information content (AvgIpc) is 3.40. The number of benzene rings is 1. The lowest BCUT2D eigenvalue weighted by Gasteiger charge is -2.24. The Morgan fingerprint density at radius 2 is 2.00 bits per heavy atom. The van der Waals surface area contributed by atoms with Crippen LogP contribution < -0.4 is 10.1 Å². The first-order chi connectivity index (χ1) is 11.2. The molecule has 0 amide bonds. The van der Waals surface area contributed by atoms with Gasteiger partial charge in [0.15, 0.2) is 6.23 Å². The van der Waals surface area contributed by atoms with E-state index in [1.807, 2.05) is 31.2 Å². The molecule has 2 unspecified atom stereocenters. The monoisotopic (exact) mass is 323 g/mol. The highest BCUT2D eigenvalue weighted by atomic mass is 16.5. The molecule has 3 N–H and O–H groups in total. The number of aliphatic hydroxyl groups is 2. The van der Waals surface area contributed by atoms with Crippen LogP contribution in [0.25, 0.3) is 0 Å². The molecule has 1 fully saturated rings. The van der Waals surface area contributed by atoms with E-state index in [0.29, 0.717) is 5.75 Å². The lowest BCUT2D eigenvalue weighted by molar-refractivity contribution is -0.0165. The van der Waals surface area contributed by atoms with Gasteiger partial charge < -0.3 is 19.7 Å². The van der Waals surface area contributed by atoms with Crippen LogP contribution in [0, 0.1) is 5.92 Å². The van der Waals surface area contributed by atoms with Crippen LogP contribution in [0.15, 0.2) is 24.3 Å². The molecule has 2 atom stereocenters. The van der Waals surface area contributed by atoms with Gasteiger partial charge in [-0.2, -0.15) is 0 Å². The number of ether oxygens (including phenoxy) is 2. The smallest absolute Gasteiger partial charge is 0.178 e. The van der Waals surface area contributed by atoms with E-state index in [0.717, 1.165) is 38.5 Å². The van der Waals surface area contributed by atoms with Gasteiger partial charge in [-0.05, 0) is 55.8 Å². The van der Waals surface area contributed by atoms with Crippen molar-refractivity contribution in [2.75, 3.05) is 26.4 Å². The summed E-state index contributed by atoms with van der Waals surface area (Å²) in [5, 5.41) is 22.0. The summed E-state index contributed by atoms with van der Waals surface area (Å²) in [6.07, 6.45) is 2.91. The predicted molar refractivity (Wildman–Crippen MR) is 89.5 cm³/mol. The molecule has 0 aliphatic heterocycles. The maximum atomic E-state index is 9.80. The normalized spacial score (nSPS) is 17.0. The standard InChI is InChI=1S/C18H29NO4/c1-2-10-19-18(17(21)12-20)23-16-7-5-14(6-8-16)9-11-22-13-15-3-4-15/h5-8,15,17-21H,2-4,9-13H2,1H3. The van der Waals surface area contributed by atoms with E-state index in [9.17, 15) is 5.11 Å². The second kappa shape index (κ2) is 9.88. The second-order valence-corrected chi connectivity index (χ2v) is 6.15. The third-order valence-electron chi connectivity index (χ3n) is 3.90. The maximum absolute atomic E-state index is 9.80. The first-order valence-electron chi connectivity index (χ1n) is 8.58. The zero-order valence-corrected chi connectivity index (χ0v) is 13.9. The summed E-state index contributed by atoms with van der Waals surface area (Å²) in [5.41, 5.74) is 1.20. The first-order valence-corrected chi connectivity index (χ1v) is 8.58. The molecule has 0 spiro atoms. The summed E-state index contributed by atoms with van der Waals surface area (Å²) in [6.45, 7) is 4.07. The largest absolute Gasteiger partial charge is 0.472 e. The molecule has 1 aliphatic rings. The Morgan fingerprint density at radius 1 is 1.26 bits per heavy atom. The van der Waals surface area contributed by atoms with Gasteiger partial charge in [0.2, 0.25) is 0 Å². The van der Waals surface area contributed by atoms with Crippen LogP contribution in [0.5, 0.6) is 5.75 Å². The minimum atomic E-state index is -0.947. The van der Waals surface area contributed by atoms with Crippen molar-refractivity contribution >= 4 is 0 Å². The molecule has 5 nitrogen and oxygen atoms in total. The molecule has 0 aromatic heterocycles. The van der Waals surface area contributed by atoms with E-state index in [2.05, 4.69) is 5.32 Å². The van der Waals surface area contributed by atoms with Crippen molar-refractivity contribution in [3.8, 4) is 5.75 Å². The van der Waals surface area contributed by atoms with Gasteiger partial charge in [0.05, 0.1) is 13.2 Å². The second-order valence-electron chi connectivity index (χ2n) is 6.15. The molecule has 1 aliphatic carbocycles. The van der Waals surface area contributed by atoms with Crippen LogP contribution in [0.2, 0.25) is 0 Å². The average molecular weight is 323 g/mol. The summed E-state index contributed by atoms with van der Waals surface area (Å²) < 4.78 is 11.4. The fourth-order valence-electron chi connectivity index (χ4n) is 2.24. The van der Waals surface area contributed by atoms with E-state index in [4.69, 9.17) is 14.6 Å². The number of hydrogen-bond donors (Lipinski definition) is 3. The minimum Gasteiger partial charge on any atom is -0.472 e. The third-order valence-corrected chi connectivity index (χ3v) is 3.90. The summed E-state index contributed by atoms with van der Waals surface area (Å²) in [6, 6.07) is 7.80. The highest BCUT2D eigenvalue weighted by Gasteiger charge is 2.21. The predicted octanol–water partition coefficient (Wildman–Crippen LogP) is 1.71. The van der Waals surface area contributed by atoms with Gasteiger partial charge >= 0.3 is 0 Å². The van der Waals surface area contributed by atoms with E-state index in [-0.39, 0.29) is 6.61 Å². The number of hydrogen-bond acceptors (Lipinski definition) is 5. The Balaban J connectivity index is 1.76. The zero-order valence-electron chi connectivity index (χ0n) is 13.9. The Labute approximate surface area is 138 Å². The van der Waals surface area contributed by atoms with E-state index < -0.39 is 12.3 Å². The Kier molecular flexibility index (Phi) is 7.82. The molecule has 0 radical (unpaired) electrons. The molecule has 0 saturated heterocycles. The van der Waals surface area contributed by atoms with Crippen LogP contribution in [0.4, 0.5) is 0 Å². The molecule has 2 rings (SSSR count). The van der Waals surface area contributed by atoms with Crippen molar-refractivity contribution in [1.29, 1.82) is 0 Å². The van der Waals surface area contributed by atoms with Crippen molar-refractivity contribution in [3.05, 3.63) is 29.8 Å². The van der Waals surface area contributed by atoms with Crippen molar-refractivity contribution < 1.29 is 19.7 Å². The van der Waals surface area contributed by atoms with Gasteiger partial charge in [-0.25, -0.2) is 0 Å². The summed E-state index contributed by atoms with van der Waals surface area (Å²) in [7, 11) is 0. The fourth-order valence-corrected chi connectivity index (χ4v) is 2.24. The number of nitrogens with one attached hydrogen (secondary N) is 1. The summed E-state index contributed by atoms with van der Waals surface area (Å²) in [4.78, 5) is 0. The Hall–Kier alpha value is -1.14. The van der Waals surface area contributed by atoms with Crippen molar-refractivity contribution in [2.24, 2.45) is 5.92 Å². The molecular weight excluding hydrogens is 294 g/mol. The molecule has 1 aromatic carbocycles. The van der Waals surface area contributed by atoms with Gasteiger partial charge in [-0.15, -0.1) is 0 Å². The first kappa shape index (κ1) is 18.2. The van der Waals surface area contributed by atoms with Gasteiger partial charge in [0, 0.05) is 6.61 Å². The molecule has 5 heteroatoms. The van der Waals surface area contributed by atoms with E-state index in [1.165, 1.54) is 18.4 Å².